The fraction of sp³-hybridized carbons (Fsp3) is 0.600. The van der Waals surface area contributed by atoms with Crippen LogP contribution < -0.4 is 10.1 Å². The lowest BCUT2D eigenvalue weighted by Gasteiger charge is -2.46. The third-order valence-electron chi connectivity index (χ3n) is 5.75. The molecule has 6 nitrogen and oxygen atoms in total. The Morgan fingerprint density at radius 3 is 2.85 bits per heavy atom. The van der Waals surface area contributed by atoms with Gasteiger partial charge in [-0.3, -0.25) is 9.59 Å². The number of hydrogen-bond donors (Lipinski definition) is 1. The van der Waals surface area contributed by atoms with Gasteiger partial charge in [-0.1, -0.05) is 6.42 Å². The van der Waals surface area contributed by atoms with Gasteiger partial charge in [-0.15, -0.1) is 0 Å². The molecule has 0 radical (unpaired) electrons. The monoisotopic (exact) mass is 378 g/mol. The van der Waals surface area contributed by atoms with E-state index in [0.29, 0.717) is 31.9 Å². The van der Waals surface area contributed by atoms with Crippen LogP contribution in [0.25, 0.3) is 0 Å². The maximum Gasteiger partial charge on any atom is 0.257 e. The molecule has 0 spiro atoms. The van der Waals surface area contributed by atoms with Crippen molar-refractivity contribution in [3.8, 4) is 5.75 Å². The minimum absolute atomic E-state index is 0.0623. The van der Waals surface area contributed by atoms with Gasteiger partial charge in [0.25, 0.3) is 5.91 Å². The molecular weight excluding hydrogens is 351 g/mol. The fourth-order valence-electron chi connectivity index (χ4n) is 4.34. The zero-order chi connectivity index (χ0) is 19.3. The first-order valence-electron chi connectivity index (χ1n) is 9.47. The number of carbonyl (C=O) groups is 2. The Hall–Kier alpha value is -2.15. The van der Waals surface area contributed by atoms with Crippen molar-refractivity contribution in [2.75, 3.05) is 33.4 Å². The summed E-state index contributed by atoms with van der Waals surface area (Å²) in [6, 6.07) is 5.74. The van der Waals surface area contributed by atoms with E-state index in [4.69, 9.17) is 9.47 Å². The maximum atomic E-state index is 12.9. The molecular formula is C20H27FN2O4. The van der Waals surface area contributed by atoms with Crippen molar-refractivity contribution in [1.82, 2.24) is 10.2 Å². The Balaban J connectivity index is 1.54. The maximum absolute atomic E-state index is 12.9. The molecule has 2 amide bonds. The second kappa shape index (κ2) is 8.69. The van der Waals surface area contributed by atoms with Gasteiger partial charge in [-0.2, -0.15) is 0 Å². The van der Waals surface area contributed by atoms with Gasteiger partial charge in [0.2, 0.25) is 5.91 Å². The topological polar surface area (TPSA) is 67.9 Å². The molecule has 0 aromatic heterocycles. The number of carbonyl (C=O) groups excluding carboxylic acids is 2. The van der Waals surface area contributed by atoms with Crippen molar-refractivity contribution in [2.24, 2.45) is 5.41 Å². The molecule has 0 unspecified atom stereocenters. The van der Waals surface area contributed by atoms with Crippen LogP contribution in [0.5, 0.6) is 5.75 Å². The largest absolute Gasteiger partial charge is 0.484 e. The average molecular weight is 378 g/mol. The zero-order valence-electron chi connectivity index (χ0n) is 15.7. The van der Waals surface area contributed by atoms with Gasteiger partial charge < -0.3 is 19.7 Å². The molecule has 1 aromatic rings. The SMILES string of the molecule is COCCN1C(=O)CC[C@]2(CNC(=O)COc3ccc(F)cc3)CCC[C@@H]12. The molecule has 1 aliphatic carbocycles. The number of benzene rings is 1. The van der Waals surface area contributed by atoms with Crippen molar-refractivity contribution < 1.29 is 23.5 Å². The van der Waals surface area contributed by atoms with Crippen LogP contribution in [-0.2, 0) is 14.3 Å². The third kappa shape index (κ3) is 4.58. The van der Waals surface area contributed by atoms with Crippen LogP contribution in [0.2, 0.25) is 0 Å². The second-order valence-electron chi connectivity index (χ2n) is 7.37. The minimum atomic E-state index is -0.344. The molecule has 1 saturated carbocycles. The van der Waals surface area contributed by atoms with E-state index in [9.17, 15) is 14.0 Å². The zero-order valence-corrected chi connectivity index (χ0v) is 15.7. The van der Waals surface area contributed by atoms with E-state index in [-0.39, 0.29) is 35.7 Å². The summed E-state index contributed by atoms with van der Waals surface area (Å²) >= 11 is 0. The first-order valence-corrected chi connectivity index (χ1v) is 9.47. The molecule has 2 fully saturated rings. The standard InChI is InChI=1S/C20H27FN2O4/c1-26-12-11-23-17-3-2-9-20(17,10-8-19(23)25)14-22-18(24)13-27-16-6-4-15(21)5-7-16/h4-7,17H,2-3,8-14H2,1H3,(H,22,24)/t17-,20+/m1/s1. The van der Waals surface area contributed by atoms with Gasteiger partial charge in [0.1, 0.15) is 11.6 Å². The summed E-state index contributed by atoms with van der Waals surface area (Å²) in [6.07, 6.45) is 4.36. The number of ether oxygens (including phenoxy) is 2. The van der Waals surface area contributed by atoms with Gasteiger partial charge >= 0.3 is 0 Å². The van der Waals surface area contributed by atoms with E-state index in [1.54, 1.807) is 7.11 Å². The van der Waals surface area contributed by atoms with Gasteiger partial charge in [-0.25, -0.2) is 4.39 Å². The summed E-state index contributed by atoms with van der Waals surface area (Å²) in [6.45, 7) is 1.55. The number of piperidine rings is 1. The highest BCUT2D eigenvalue weighted by molar-refractivity contribution is 5.79. The van der Waals surface area contributed by atoms with E-state index in [2.05, 4.69) is 5.32 Å². The molecule has 7 heteroatoms. The average Bonchev–Trinajstić information content (AvgIpc) is 3.10. The number of rotatable bonds is 8. The number of likely N-dealkylation sites (tertiary alicyclic amines) is 1. The lowest BCUT2D eigenvalue weighted by Crippen LogP contribution is -2.56. The van der Waals surface area contributed by atoms with E-state index in [1.807, 2.05) is 4.90 Å². The number of halogens is 1. The van der Waals surface area contributed by atoms with Crippen LogP contribution >= 0.6 is 0 Å². The molecule has 2 aliphatic rings. The summed E-state index contributed by atoms with van der Waals surface area (Å²) in [5, 5.41) is 2.98. The molecule has 1 N–H and O–H groups in total. The van der Waals surface area contributed by atoms with Crippen molar-refractivity contribution in [1.29, 1.82) is 0 Å². The van der Waals surface area contributed by atoms with Gasteiger partial charge in [-0.05, 0) is 43.5 Å². The van der Waals surface area contributed by atoms with Crippen molar-refractivity contribution in [3.05, 3.63) is 30.1 Å². The van der Waals surface area contributed by atoms with Crippen LogP contribution in [-0.4, -0.2) is 56.2 Å². The van der Waals surface area contributed by atoms with Crippen molar-refractivity contribution in [3.63, 3.8) is 0 Å². The van der Waals surface area contributed by atoms with Crippen LogP contribution in [0.15, 0.2) is 24.3 Å². The fourth-order valence-corrected chi connectivity index (χ4v) is 4.34. The molecule has 27 heavy (non-hydrogen) atoms. The lowest BCUT2D eigenvalue weighted by atomic mass is 9.74. The Morgan fingerprint density at radius 1 is 1.33 bits per heavy atom. The van der Waals surface area contributed by atoms with Crippen LogP contribution in [0.3, 0.4) is 0 Å². The first kappa shape index (κ1) is 19.6. The van der Waals surface area contributed by atoms with E-state index in [1.165, 1.54) is 24.3 Å². The third-order valence-corrected chi connectivity index (χ3v) is 5.75. The molecule has 0 bridgehead atoms. The molecule has 2 atom stereocenters. The summed E-state index contributed by atoms with van der Waals surface area (Å²) in [4.78, 5) is 26.5. The Labute approximate surface area is 159 Å². The predicted octanol–water partition coefficient (Wildman–Crippen LogP) is 2.13. The smallest absolute Gasteiger partial charge is 0.257 e. The molecule has 148 valence electrons. The van der Waals surface area contributed by atoms with Crippen molar-refractivity contribution in [2.45, 2.75) is 38.1 Å². The normalized spacial score (nSPS) is 24.6. The predicted molar refractivity (Wildman–Crippen MR) is 97.8 cm³/mol. The molecule has 1 aromatic carbocycles. The van der Waals surface area contributed by atoms with Crippen LogP contribution in [0, 0.1) is 11.2 Å². The number of nitrogens with zero attached hydrogens (tertiary/aromatic N) is 1. The lowest BCUT2D eigenvalue weighted by molar-refractivity contribution is -0.142. The summed E-state index contributed by atoms with van der Waals surface area (Å²) in [5.74, 6) is 0.0840. The van der Waals surface area contributed by atoms with Gasteiger partial charge in [0.05, 0.1) is 6.61 Å². The number of fused-ring (bicyclic) bond motifs is 1. The summed E-state index contributed by atoms with van der Waals surface area (Å²) in [5.41, 5.74) is -0.0623. The highest BCUT2D eigenvalue weighted by atomic mass is 19.1. The number of amides is 2. The Morgan fingerprint density at radius 2 is 2.11 bits per heavy atom. The van der Waals surface area contributed by atoms with E-state index >= 15 is 0 Å². The highest BCUT2D eigenvalue weighted by Gasteiger charge is 2.50. The number of hydrogen-bond acceptors (Lipinski definition) is 4. The number of methoxy groups -OCH3 is 1. The minimum Gasteiger partial charge on any atom is -0.484 e. The summed E-state index contributed by atoms with van der Waals surface area (Å²) in [7, 11) is 1.64. The van der Waals surface area contributed by atoms with Crippen LogP contribution in [0.1, 0.15) is 32.1 Å². The molecule has 3 rings (SSSR count). The quantitative estimate of drug-likeness (QED) is 0.753. The van der Waals surface area contributed by atoms with Crippen molar-refractivity contribution >= 4 is 11.8 Å². The summed E-state index contributed by atoms with van der Waals surface area (Å²) < 4.78 is 23.5. The molecule has 1 heterocycles. The number of nitrogens with one attached hydrogen (secondary N) is 1. The van der Waals surface area contributed by atoms with E-state index < -0.39 is 0 Å². The Bertz CT molecular complexity index is 666. The Kier molecular flexibility index (Phi) is 6.31. The highest BCUT2D eigenvalue weighted by Crippen LogP contribution is 2.47. The molecule has 1 saturated heterocycles. The molecule has 1 aliphatic heterocycles. The first-order chi connectivity index (χ1) is 13.0. The van der Waals surface area contributed by atoms with Crippen LogP contribution in [0.4, 0.5) is 4.39 Å². The van der Waals surface area contributed by atoms with Gasteiger partial charge in [0, 0.05) is 38.1 Å². The van der Waals surface area contributed by atoms with Gasteiger partial charge in [0.15, 0.2) is 6.61 Å². The van der Waals surface area contributed by atoms with E-state index in [0.717, 1.165) is 25.7 Å². The second-order valence-corrected chi connectivity index (χ2v) is 7.37.